The van der Waals surface area contributed by atoms with E-state index < -0.39 is 5.91 Å². The van der Waals surface area contributed by atoms with Gasteiger partial charge in [-0.3, -0.25) is 9.59 Å². The van der Waals surface area contributed by atoms with Gasteiger partial charge in [-0.25, -0.2) is 0 Å². The van der Waals surface area contributed by atoms with E-state index in [1.807, 2.05) is 44.0 Å². The molecule has 1 aromatic carbocycles. The molecule has 1 heterocycles. The standard InChI is InChI=1S/C22H29N7O2/c1-6-18(30)25-16-9-10-17(14(16)4)29(5)22-26-21(19(20(23)31)27-28-22)24-15-8-7-12(2)13(3)11-15/h6-8,11,14,16-17H,1,9-10H2,2-5H3,(H2,23,31)(H,25,30)(H,24,26,28)/t14-,16?,17+/m0/s1. The third kappa shape index (κ3) is 4.82. The Labute approximate surface area is 182 Å². The van der Waals surface area contributed by atoms with Crippen LogP contribution in [0.1, 0.15) is 41.4 Å². The van der Waals surface area contributed by atoms with E-state index in [1.54, 1.807) is 0 Å². The molecule has 2 aromatic rings. The number of carbonyl (C=O) groups is 2. The molecule has 4 N–H and O–H groups in total. The van der Waals surface area contributed by atoms with E-state index in [4.69, 9.17) is 5.73 Å². The van der Waals surface area contributed by atoms with Crippen LogP contribution in [0.15, 0.2) is 30.9 Å². The van der Waals surface area contributed by atoms with Gasteiger partial charge in [0, 0.05) is 24.8 Å². The van der Waals surface area contributed by atoms with Gasteiger partial charge in [0.1, 0.15) is 0 Å². The fraction of sp³-hybridized carbons (Fsp3) is 0.409. The summed E-state index contributed by atoms with van der Waals surface area (Å²) in [6, 6.07) is 6.01. The molecule has 1 aliphatic rings. The Morgan fingerprint density at radius 3 is 2.61 bits per heavy atom. The number of hydrogen-bond donors (Lipinski definition) is 3. The first-order chi connectivity index (χ1) is 14.7. The molecular weight excluding hydrogens is 394 g/mol. The summed E-state index contributed by atoms with van der Waals surface area (Å²) in [5, 5.41) is 14.3. The zero-order chi connectivity index (χ0) is 22.7. The molecular formula is C22H29N7O2. The Morgan fingerprint density at radius 1 is 1.23 bits per heavy atom. The van der Waals surface area contributed by atoms with E-state index in [2.05, 4.69) is 39.3 Å². The number of nitrogens with one attached hydrogen (secondary N) is 2. The van der Waals surface area contributed by atoms with E-state index in [-0.39, 0.29) is 35.4 Å². The number of benzene rings is 1. The third-order valence-electron chi connectivity index (χ3n) is 6.02. The number of nitrogens with zero attached hydrogens (tertiary/aromatic N) is 4. The molecule has 1 fully saturated rings. The van der Waals surface area contributed by atoms with Gasteiger partial charge in [-0.1, -0.05) is 19.6 Å². The zero-order valence-electron chi connectivity index (χ0n) is 18.3. The van der Waals surface area contributed by atoms with Gasteiger partial charge in [0.15, 0.2) is 11.5 Å². The highest BCUT2D eigenvalue weighted by Gasteiger charge is 2.37. The predicted octanol–water partition coefficient (Wildman–Crippen LogP) is 2.24. The molecule has 1 aromatic heterocycles. The molecule has 9 heteroatoms. The molecule has 9 nitrogen and oxygen atoms in total. The monoisotopic (exact) mass is 423 g/mol. The topological polar surface area (TPSA) is 126 Å². The van der Waals surface area contributed by atoms with E-state index in [0.717, 1.165) is 29.7 Å². The van der Waals surface area contributed by atoms with Crippen LogP contribution >= 0.6 is 0 Å². The first kappa shape index (κ1) is 22.2. The molecule has 1 saturated carbocycles. The maximum absolute atomic E-state index is 11.9. The van der Waals surface area contributed by atoms with Crippen molar-refractivity contribution in [1.82, 2.24) is 20.5 Å². The van der Waals surface area contributed by atoms with Crippen LogP contribution < -0.4 is 21.3 Å². The van der Waals surface area contributed by atoms with Crippen LogP contribution in [0.3, 0.4) is 0 Å². The van der Waals surface area contributed by atoms with Gasteiger partial charge in [-0.15, -0.1) is 10.2 Å². The van der Waals surface area contributed by atoms with Gasteiger partial charge in [-0.2, -0.15) is 4.98 Å². The van der Waals surface area contributed by atoms with Crippen molar-refractivity contribution >= 4 is 29.3 Å². The van der Waals surface area contributed by atoms with E-state index in [0.29, 0.717) is 5.95 Å². The molecule has 0 bridgehead atoms. The molecule has 3 atom stereocenters. The maximum Gasteiger partial charge on any atom is 0.273 e. The molecule has 0 saturated heterocycles. The Kier molecular flexibility index (Phi) is 6.53. The van der Waals surface area contributed by atoms with Crippen molar-refractivity contribution in [2.45, 2.75) is 45.7 Å². The predicted molar refractivity (Wildman–Crippen MR) is 120 cm³/mol. The molecule has 1 aliphatic carbocycles. The smallest absolute Gasteiger partial charge is 0.273 e. The second-order valence-electron chi connectivity index (χ2n) is 8.03. The SMILES string of the molecule is C=CC(=O)NC1CC[C@@H](N(C)c2nnc(C(N)=O)c(Nc3ccc(C)c(C)c3)n2)[C@H]1C. The summed E-state index contributed by atoms with van der Waals surface area (Å²) in [6.45, 7) is 9.63. The summed E-state index contributed by atoms with van der Waals surface area (Å²) < 4.78 is 0. The number of nitrogens with two attached hydrogens (primary N) is 1. The summed E-state index contributed by atoms with van der Waals surface area (Å²) in [4.78, 5) is 30.1. The van der Waals surface area contributed by atoms with E-state index in [9.17, 15) is 9.59 Å². The molecule has 2 amide bonds. The van der Waals surface area contributed by atoms with Gasteiger partial charge >= 0.3 is 0 Å². The summed E-state index contributed by atoms with van der Waals surface area (Å²) in [7, 11) is 1.89. The summed E-state index contributed by atoms with van der Waals surface area (Å²) in [5.74, 6) is -0.0751. The normalized spacial score (nSPS) is 20.2. The van der Waals surface area contributed by atoms with Crippen molar-refractivity contribution in [3.63, 3.8) is 0 Å². The number of amides is 2. The van der Waals surface area contributed by atoms with Crippen LogP contribution in [0.4, 0.5) is 17.5 Å². The Morgan fingerprint density at radius 2 is 1.97 bits per heavy atom. The average Bonchev–Trinajstić information content (AvgIpc) is 3.09. The second kappa shape index (κ2) is 9.11. The van der Waals surface area contributed by atoms with Crippen LogP contribution in [0.25, 0.3) is 0 Å². The minimum atomic E-state index is -0.707. The lowest BCUT2D eigenvalue weighted by Crippen LogP contribution is -2.42. The largest absolute Gasteiger partial charge is 0.364 e. The summed E-state index contributed by atoms with van der Waals surface area (Å²) >= 11 is 0. The Balaban J connectivity index is 1.85. The number of aryl methyl sites for hydroxylation is 2. The first-order valence-electron chi connectivity index (χ1n) is 10.3. The molecule has 1 unspecified atom stereocenters. The van der Waals surface area contributed by atoms with Crippen LogP contribution in [0.5, 0.6) is 0 Å². The fourth-order valence-corrected chi connectivity index (χ4v) is 3.96. The maximum atomic E-state index is 11.9. The van der Waals surface area contributed by atoms with Crippen molar-refractivity contribution < 1.29 is 9.59 Å². The highest BCUT2D eigenvalue weighted by molar-refractivity contribution is 5.96. The van der Waals surface area contributed by atoms with Gasteiger partial charge in [-0.05, 0) is 61.9 Å². The Hall–Kier alpha value is -3.49. The van der Waals surface area contributed by atoms with Crippen LogP contribution in [-0.4, -0.2) is 46.1 Å². The number of primary amides is 1. The minimum Gasteiger partial charge on any atom is -0.364 e. The van der Waals surface area contributed by atoms with E-state index in [1.165, 1.54) is 6.08 Å². The van der Waals surface area contributed by atoms with Gasteiger partial charge in [0.2, 0.25) is 11.9 Å². The van der Waals surface area contributed by atoms with E-state index >= 15 is 0 Å². The zero-order valence-corrected chi connectivity index (χ0v) is 18.3. The average molecular weight is 424 g/mol. The van der Waals surface area contributed by atoms with Crippen molar-refractivity contribution in [2.24, 2.45) is 11.7 Å². The molecule has 0 aliphatic heterocycles. The minimum absolute atomic E-state index is 0.0222. The molecule has 31 heavy (non-hydrogen) atoms. The molecule has 0 radical (unpaired) electrons. The van der Waals surface area contributed by atoms with Gasteiger partial charge < -0.3 is 21.3 Å². The lowest BCUT2D eigenvalue weighted by Gasteiger charge is -2.29. The highest BCUT2D eigenvalue weighted by Crippen LogP contribution is 2.32. The summed E-state index contributed by atoms with van der Waals surface area (Å²) in [5.41, 5.74) is 8.51. The number of hydrogen-bond acceptors (Lipinski definition) is 7. The molecule has 164 valence electrons. The van der Waals surface area contributed by atoms with Crippen molar-refractivity contribution in [2.75, 3.05) is 17.3 Å². The highest BCUT2D eigenvalue weighted by atomic mass is 16.2. The lowest BCUT2D eigenvalue weighted by atomic mass is 10.0. The molecule has 3 rings (SSSR count). The van der Waals surface area contributed by atoms with Gasteiger partial charge in [0.25, 0.3) is 5.91 Å². The fourth-order valence-electron chi connectivity index (χ4n) is 3.96. The van der Waals surface area contributed by atoms with Crippen molar-refractivity contribution in [1.29, 1.82) is 0 Å². The van der Waals surface area contributed by atoms with Crippen molar-refractivity contribution in [3.8, 4) is 0 Å². The first-order valence-corrected chi connectivity index (χ1v) is 10.3. The number of rotatable bonds is 7. The van der Waals surface area contributed by atoms with Crippen LogP contribution in [-0.2, 0) is 4.79 Å². The third-order valence-corrected chi connectivity index (χ3v) is 6.02. The molecule has 0 spiro atoms. The lowest BCUT2D eigenvalue weighted by molar-refractivity contribution is -0.117. The number of carbonyl (C=O) groups excluding carboxylic acids is 2. The van der Waals surface area contributed by atoms with Crippen LogP contribution in [0, 0.1) is 19.8 Å². The number of aromatic nitrogens is 3. The summed E-state index contributed by atoms with van der Waals surface area (Å²) in [6.07, 6.45) is 2.99. The number of anilines is 3. The van der Waals surface area contributed by atoms with Crippen LogP contribution in [0.2, 0.25) is 0 Å². The van der Waals surface area contributed by atoms with Crippen molar-refractivity contribution in [3.05, 3.63) is 47.7 Å². The quantitative estimate of drug-likeness (QED) is 0.583. The second-order valence-corrected chi connectivity index (χ2v) is 8.03. The van der Waals surface area contributed by atoms with Gasteiger partial charge in [0.05, 0.1) is 0 Å². The Bertz CT molecular complexity index is 1010.